The topological polar surface area (TPSA) is 49.4 Å². The van der Waals surface area contributed by atoms with Crippen LogP contribution in [0.2, 0.25) is 0 Å². The maximum Gasteiger partial charge on any atom is 0.251 e. The molecule has 0 aliphatic heterocycles. The number of hydrogen-bond acceptors (Lipinski definition) is 2. The van der Waals surface area contributed by atoms with Gasteiger partial charge in [0.1, 0.15) is 0 Å². The lowest BCUT2D eigenvalue weighted by Gasteiger charge is -2.33. The zero-order valence-corrected chi connectivity index (χ0v) is 14.3. The number of amides is 2. The van der Waals surface area contributed by atoms with Crippen LogP contribution in [0, 0.1) is 5.92 Å². The van der Waals surface area contributed by atoms with Crippen LogP contribution in [-0.4, -0.2) is 24.4 Å². The van der Waals surface area contributed by atoms with E-state index in [0.29, 0.717) is 11.5 Å². The first-order valence-electron chi connectivity index (χ1n) is 8.18. The molecule has 0 radical (unpaired) electrons. The maximum atomic E-state index is 12.5. The molecule has 0 heterocycles. The molecule has 4 nitrogen and oxygen atoms in total. The van der Waals surface area contributed by atoms with Gasteiger partial charge in [-0.25, -0.2) is 0 Å². The highest BCUT2D eigenvalue weighted by Gasteiger charge is 2.33. The van der Waals surface area contributed by atoms with Gasteiger partial charge in [-0.1, -0.05) is 19.4 Å². The Morgan fingerprint density at radius 2 is 1.78 bits per heavy atom. The monoisotopic (exact) mass is 314 g/mol. The number of nitrogens with zero attached hydrogens (tertiary/aromatic N) is 1. The number of carbonyl (C=O) groups is 2. The van der Waals surface area contributed by atoms with Crippen LogP contribution in [0.5, 0.6) is 0 Å². The number of rotatable bonds is 5. The van der Waals surface area contributed by atoms with Crippen molar-refractivity contribution in [1.82, 2.24) is 5.32 Å². The van der Waals surface area contributed by atoms with Gasteiger partial charge in [0.05, 0.1) is 0 Å². The second kappa shape index (κ2) is 6.99. The van der Waals surface area contributed by atoms with Crippen LogP contribution < -0.4 is 10.2 Å². The minimum atomic E-state index is -0.193. The Hall–Kier alpha value is -2.10. The fourth-order valence-electron chi connectivity index (χ4n) is 3.21. The third kappa shape index (κ3) is 4.01. The van der Waals surface area contributed by atoms with Gasteiger partial charge < -0.3 is 10.2 Å². The molecule has 1 saturated carbocycles. The first kappa shape index (κ1) is 17.3. The molecule has 1 aromatic rings. The minimum absolute atomic E-state index is 0.0637. The van der Waals surface area contributed by atoms with E-state index in [1.807, 2.05) is 0 Å². The molecule has 4 heteroatoms. The van der Waals surface area contributed by atoms with Crippen molar-refractivity contribution in [3.05, 3.63) is 42.5 Å². The molecular formula is C19H26N2O2. The van der Waals surface area contributed by atoms with Crippen LogP contribution >= 0.6 is 0 Å². The van der Waals surface area contributed by atoms with Crippen molar-refractivity contribution in [2.45, 2.75) is 45.1 Å². The molecule has 0 atom stereocenters. The van der Waals surface area contributed by atoms with Gasteiger partial charge in [0.2, 0.25) is 5.91 Å². The van der Waals surface area contributed by atoms with Crippen LogP contribution in [0.3, 0.4) is 0 Å². The van der Waals surface area contributed by atoms with E-state index in [2.05, 4.69) is 25.7 Å². The molecule has 1 aromatic carbocycles. The summed E-state index contributed by atoms with van der Waals surface area (Å²) in [5, 5.41) is 3.16. The second-order valence-corrected chi connectivity index (χ2v) is 6.81. The van der Waals surface area contributed by atoms with Crippen LogP contribution in [-0.2, 0) is 4.79 Å². The molecule has 0 unspecified atom stereocenters. The number of likely N-dealkylation sites (N-methyl/N-ethyl adjacent to an activating group) is 1. The second-order valence-electron chi connectivity index (χ2n) is 6.81. The van der Waals surface area contributed by atoms with Crippen molar-refractivity contribution in [3.8, 4) is 0 Å². The van der Waals surface area contributed by atoms with Gasteiger partial charge in [-0.3, -0.25) is 9.59 Å². The Morgan fingerprint density at radius 3 is 2.30 bits per heavy atom. The molecule has 23 heavy (non-hydrogen) atoms. The summed E-state index contributed by atoms with van der Waals surface area (Å²) < 4.78 is 0. The quantitative estimate of drug-likeness (QED) is 0.845. The van der Waals surface area contributed by atoms with Gasteiger partial charge in [0.15, 0.2) is 0 Å². The summed E-state index contributed by atoms with van der Waals surface area (Å²) in [6, 6.07) is 7.06. The van der Waals surface area contributed by atoms with Crippen molar-refractivity contribution in [3.63, 3.8) is 0 Å². The summed E-state index contributed by atoms with van der Waals surface area (Å²) >= 11 is 0. The SMILES string of the molecule is C=CC(=O)N(C)c1ccc(C(=O)NC(C)(C)C2CCCC2)cc1. The third-order valence-electron chi connectivity index (χ3n) is 4.83. The predicted molar refractivity (Wildman–Crippen MR) is 93.6 cm³/mol. The summed E-state index contributed by atoms with van der Waals surface area (Å²) in [5.74, 6) is 0.304. The highest BCUT2D eigenvalue weighted by atomic mass is 16.2. The fraction of sp³-hybridized carbons (Fsp3) is 0.474. The lowest BCUT2D eigenvalue weighted by Crippen LogP contribution is -2.48. The maximum absolute atomic E-state index is 12.5. The van der Waals surface area contributed by atoms with E-state index in [1.54, 1.807) is 31.3 Å². The van der Waals surface area contributed by atoms with Crippen LogP contribution in [0.15, 0.2) is 36.9 Å². The summed E-state index contributed by atoms with van der Waals surface area (Å²) in [5.41, 5.74) is 1.16. The number of anilines is 1. The highest BCUT2D eigenvalue weighted by molar-refractivity contribution is 6.01. The average Bonchev–Trinajstić information content (AvgIpc) is 3.08. The van der Waals surface area contributed by atoms with Gasteiger partial charge in [-0.15, -0.1) is 0 Å². The molecule has 1 N–H and O–H groups in total. The van der Waals surface area contributed by atoms with Crippen molar-refractivity contribution < 1.29 is 9.59 Å². The molecule has 2 amide bonds. The van der Waals surface area contributed by atoms with Crippen molar-refractivity contribution >= 4 is 17.5 Å². The van der Waals surface area contributed by atoms with E-state index in [4.69, 9.17) is 0 Å². The standard InChI is InChI=1S/C19H26N2O2/c1-5-17(22)21(4)16-12-10-14(11-13-16)18(23)20-19(2,3)15-8-6-7-9-15/h5,10-13,15H,1,6-9H2,2-4H3,(H,20,23). The van der Waals surface area contributed by atoms with Crippen molar-refractivity contribution in [2.75, 3.05) is 11.9 Å². The van der Waals surface area contributed by atoms with Gasteiger partial charge in [0.25, 0.3) is 5.91 Å². The predicted octanol–water partition coefficient (Wildman–Crippen LogP) is 3.53. The lowest BCUT2D eigenvalue weighted by atomic mass is 9.86. The number of carbonyl (C=O) groups excluding carboxylic acids is 2. The van der Waals surface area contributed by atoms with E-state index in [0.717, 1.165) is 5.69 Å². The van der Waals surface area contributed by atoms with Gasteiger partial charge in [-0.05, 0) is 62.9 Å². The van der Waals surface area contributed by atoms with E-state index >= 15 is 0 Å². The largest absolute Gasteiger partial charge is 0.347 e. The molecule has 0 bridgehead atoms. The zero-order chi connectivity index (χ0) is 17.0. The normalized spacial score (nSPS) is 15.3. The smallest absolute Gasteiger partial charge is 0.251 e. The van der Waals surface area contributed by atoms with E-state index in [-0.39, 0.29) is 17.4 Å². The molecule has 124 valence electrons. The minimum Gasteiger partial charge on any atom is -0.347 e. The molecular weight excluding hydrogens is 288 g/mol. The first-order valence-corrected chi connectivity index (χ1v) is 8.18. The fourth-order valence-corrected chi connectivity index (χ4v) is 3.21. The van der Waals surface area contributed by atoms with Crippen LogP contribution in [0.1, 0.15) is 49.9 Å². The molecule has 2 rings (SSSR count). The Labute approximate surface area is 138 Å². The van der Waals surface area contributed by atoms with E-state index < -0.39 is 0 Å². The Balaban J connectivity index is 2.05. The summed E-state index contributed by atoms with van der Waals surface area (Å²) in [4.78, 5) is 25.6. The van der Waals surface area contributed by atoms with Gasteiger partial charge in [0, 0.05) is 23.8 Å². The van der Waals surface area contributed by atoms with E-state index in [1.165, 1.54) is 36.7 Å². The summed E-state index contributed by atoms with van der Waals surface area (Å²) in [6.07, 6.45) is 6.14. The number of nitrogens with one attached hydrogen (secondary N) is 1. The Bertz CT molecular complexity index is 584. The molecule has 1 aliphatic carbocycles. The third-order valence-corrected chi connectivity index (χ3v) is 4.83. The molecule has 0 spiro atoms. The van der Waals surface area contributed by atoms with Crippen molar-refractivity contribution in [2.24, 2.45) is 5.92 Å². The molecule has 1 fully saturated rings. The molecule has 0 saturated heterocycles. The summed E-state index contributed by atoms with van der Waals surface area (Å²) in [7, 11) is 1.68. The Kier molecular flexibility index (Phi) is 5.24. The van der Waals surface area contributed by atoms with Crippen LogP contribution in [0.4, 0.5) is 5.69 Å². The van der Waals surface area contributed by atoms with Crippen molar-refractivity contribution in [1.29, 1.82) is 0 Å². The molecule has 1 aliphatic rings. The first-order chi connectivity index (χ1) is 10.8. The average molecular weight is 314 g/mol. The highest BCUT2D eigenvalue weighted by Crippen LogP contribution is 2.33. The van der Waals surface area contributed by atoms with Gasteiger partial charge in [-0.2, -0.15) is 0 Å². The number of hydrogen-bond donors (Lipinski definition) is 1. The van der Waals surface area contributed by atoms with E-state index in [9.17, 15) is 9.59 Å². The zero-order valence-electron chi connectivity index (χ0n) is 14.3. The summed E-state index contributed by atoms with van der Waals surface area (Å²) in [6.45, 7) is 7.68. The Morgan fingerprint density at radius 1 is 1.22 bits per heavy atom. The number of benzene rings is 1. The molecule has 0 aromatic heterocycles. The van der Waals surface area contributed by atoms with Crippen LogP contribution in [0.25, 0.3) is 0 Å². The lowest BCUT2D eigenvalue weighted by molar-refractivity contribution is -0.113. The van der Waals surface area contributed by atoms with Gasteiger partial charge >= 0.3 is 0 Å².